The van der Waals surface area contributed by atoms with Crippen molar-refractivity contribution in [2.24, 2.45) is 0 Å². The molecule has 1 heterocycles. The number of H-pyrrole nitrogens is 1. The van der Waals surface area contributed by atoms with Crippen LogP contribution in [0.5, 0.6) is 0 Å². The van der Waals surface area contributed by atoms with Gasteiger partial charge < -0.3 is 9.64 Å². The van der Waals surface area contributed by atoms with Gasteiger partial charge in [0.05, 0.1) is 17.6 Å². The summed E-state index contributed by atoms with van der Waals surface area (Å²) in [5.41, 5.74) is -1.02. The number of alkyl halides is 3. The summed E-state index contributed by atoms with van der Waals surface area (Å²) >= 11 is 0. The topological polar surface area (TPSA) is 92.4 Å². The van der Waals surface area contributed by atoms with Crippen molar-refractivity contribution in [1.29, 1.82) is 0 Å². The Morgan fingerprint density at radius 2 is 1.71 bits per heavy atom. The van der Waals surface area contributed by atoms with Crippen LogP contribution in [0.1, 0.15) is 28.5 Å². The van der Waals surface area contributed by atoms with Crippen LogP contribution >= 0.6 is 0 Å². The molecule has 2 aromatic carbocycles. The van der Waals surface area contributed by atoms with Crippen molar-refractivity contribution >= 4 is 22.6 Å². The third-order valence-electron chi connectivity index (χ3n) is 4.47. The Labute approximate surface area is 174 Å². The molecule has 1 N–H and O–H groups in total. The average molecular weight is 433 g/mol. The molecule has 0 bridgehead atoms. The lowest BCUT2D eigenvalue weighted by Crippen LogP contribution is -2.37. The van der Waals surface area contributed by atoms with Gasteiger partial charge in [0.15, 0.2) is 5.69 Å². The number of halogens is 3. The van der Waals surface area contributed by atoms with E-state index in [1.165, 1.54) is 18.2 Å². The minimum atomic E-state index is -4.49. The summed E-state index contributed by atoms with van der Waals surface area (Å²) in [6.45, 7) is 1.10. The minimum Gasteiger partial charge on any atom is -0.465 e. The van der Waals surface area contributed by atoms with Crippen LogP contribution in [-0.4, -0.2) is 40.1 Å². The largest absolute Gasteiger partial charge is 0.465 e. The zero-order valence-electron chi connectivity index (χ0n) is 16.4. The van der Waals surface area contributed by atoms with E-state index in [-0.39, 0.29) is 29.6 Å². The van der Waals surface area contributed by atoms with Crippen molar-refractivity contribution in [3.63, 3.8) is 0 Å². The molecule has 162 valence electrons. The van der Waals surface area contributed by atoms with Gasteiger partial charge in [-0.2, -0.15) is 18.3 Å². The number of nitrogens with zero attached hydrogens (tertiary/aromatic N) is 2. The van der Waals surface area contributed by atoms with E-state index in [1.54, 1.807) is 25.1 Å². The van der Waals surface area contributed by atoms with Crippen molar-refractivity contribution in [1.82, 2.24) is 15.1 Å². The highest BCUT2D eigenvalue weighted by Gasteiger charge is 2.30. The Morgan fingerprint density at radius 1 is 1.06 bits per heavy atom. The maximum Gasteiger partial charge on any atom is 0.416 e. The second-order valence-corrected chi connectivity index (χ2v) is 6.61. The van der Waals surface area contributed by atoms with E-state index < -0.39 is 35.7 Å². The van der Waals surface area contributed by atoms with E-state index in [4.69, 9.17) is 4.74 Å². The van der Waals surface area contributed by atoms with E-state index in [2.05, 4.69) is 10.2 Å². The highest BCUT2D eigenvalue weighted by atomic mass is 19.4. The number of aromatic nitrogens is 2. The number of amides is 1. The number of benzene rings is 2. The van der Waals surface area contributed by atoms with Gasteiger partial charge in [-0.05, 0) is 30.7 Å². The lowest BCUT2D eigenvalue weighted by Gasteiger charge is -2.22. The number of hydrogen-bond acceptors (Lipinski definition) is 5. The van der Waals surface area contributed by atoms with Crippen molar-refractivity contribution < 1.29 is 27.5 Å². The van der Waals surface area contributed by atoms with Crippen LogP contribution < -0.4 is 5.56 Å². The number of fused-ring (bicyclic) bond motifs is 1. The fourth-order valence-corrected chi connectivity index (χ4v) is 3.01. The molecule has 3 rings (SSSR count). The van der Waals surface area contributed by atoms with Crippen molar-refractivity contribution in [3.05, 3.63) is 75.7 Å². The summed E-state index contributed by atoms with van der Waals surface area (Å²) in [7, 11) is 0. The molecule has 0 fully saturated rings. The predicted octanol–water partition coefficient (Wildman–Crippen LogP) is 3.15. The summed E-state index contributed by atoms with van der Waals surface area (Å²) < 4.78 is 43.3. The highest BCUT2D eigenvalue weighted by Crippen LogP contribution is 2.29. The van der Waals surface area contributed by atoms with Crippen LogP contribution in [-0.2, 0) is 22.3 Å². The molecular formula is C21H18F3N3O4. The number of ether oxygens (including phenoxy) is 1. The molecule has 1 aromatic heterocycles. The average Bonchev–Trinajstić information content (AvgIpc) is 2.73. The van der Waals surface area contributed by atoms with Crippen LogP contribution in [0.2, 0.25) is 0 Å². The van der Waals surface area contributed by atoms with E-state index >= 15 is 0 Å². The second kappa shape index (κ2) is 8.99. The molecule has 0 aliphatic carbocycles. The Balaban J connectivity index is 1.96. The first-order valence-corrected chi connectivity index (χ1v) is 9.29. The number of nitrogens with one attached hydrogen (secondary N) is 1. The first kappa shape index (κ1) is 22.0. The number of aromatic amines is 1. The molecule has 1 amide bonds. The SMILES string of the molecule is CCOC(=O)CN(Cc1ccc(C(F)(F)F)cc1)C(=O)c1n[nH]c(=O)c2ccccc12. The van der Waals surface area contributed by atoms with E-state index in [0.29, 0.717) is 5.56 Å². The molecule has 0 spiro atoms. The fourth-order valence-electron chi connectivity index (χ4n) is 3.01. The standard InChI is InChI=1S/C21H18F3N3O4/c1-2-31-17(28)12-27(11-13-7-9-14(10-8-13)21(22,23)24)20(30)18-15-5-3-4-6-16(15)19(29)26-25-18/h3-10H,2,11-12H2,1H3,(H,26,29). The van der Waals surface area contributed by atoms with Crippen LogP contribution in [0, 0.1) is 0 Å². The van der Waals surface area contributed by atoms with Gasteiger partial charge in [-0.15, -0.1) is 0 Å². The van der Waals surface area contributed by atoms with E-state index in [9.17, 15) is 27.6 Å². The molecule has 0 aliphatic rings. The summed E-state index contributed by atoms with van der Waals surface area (Å²) in [4.78, 5) is 38.3. The molecule has 0 unspecified atom stereocenters. The van der Waals surface area contributed by atoms with Crippen molar-refractivity contribution in [3.8, 4) is 0 Å². The monoisotopic (exact) mass is 433 g/mol. The normalized spacial score (nSPS) is 11.4. The molecule has 0 radical (unpaired) electrons. The number of carbonyl (C=O) groups excluding carboxylic acids is 2. The molecule has 0 saturated carbocycles. The molecule has 0 saturated heterocycles. The third kappa shape index (κ3) is 5.08. The van der Waals surface area contributed by atoms with Gasteiger partial charge in [0.2, 0.25) is 0 Å². The first-order valence-electron chi connectivity index (χ1n) is 9.29. The van der Waals surface area contributed by atoms with E-state index in [1.807, 2.05) is 0 Å². The van der Waals surface area contributed by atoms with Gasteiger partial charge in [0, 0.05) is 11.9 Å². The fraction of sp³-hybridized carbons (Fsp3) is 0.238. The Morgan fingerprint density at radius 3 is 2.32 bits per heavy atom. The second-order valence-electron chi connectivity index (χ2n) is 6.61. The number of hydrogen-bond donors (Lipinski definition) is 1. The third-order valence-corrected chi connectivity index (χ3v) is 4.47. The van der Waals surface area contributed by atoms with Gasteiger partial charge in [-0.3, -0.25) is 14.4 Å². The van der Waals surface area contributed by atoms with Crippen molar-refractivity contribution in [2.45, 2.75) is 19.6 Å². The van der Waals surface area contributed by atoms with Crippen LogP contribution in [0.3, 0.4) is 0 Å². The van der Waals surface area contributed by atoms with Gasteiger partial charge in [-0.1, -0.05) is 30.3 Å². The predicted molar refractivity (Wildman–Crippen MR) is 105 cm³/mol. The maximum absolute atomic E-state index is 13.2. The minimum absolute atomic E-state index is 0.0913. The number of carbonyl (C=O) groups is 2. The van der Waals surface area contributed by atoms with Gasteiger partial charge in [0.25, 0.3) is 11.5 Å². The van der Waals surface area contributed by atoms with Crippen molar-refractivity contribution in [2.75, 3.05) is 13.2 Å². The molecule has 3 aromatic rings. The van der Waals surface area contributed by atoms with Crippen LogP contribution in [0.25, 0.3) is 10.8 Å². The summed E-state index contributed by atoms with van der Waals surface area (Å²) in [5, 5.41) is 6.62. The molecule has 0 atom stereocenters. The van der Waals surface area contributed by atoms with Gasteiger partial charge >= 0.3 is 12.1 Å². The van der Waals surface area contributed by atoms with Crippen LogP contribution in [0.4, 0.5) is 13.2 Å². The molecule has 10 heteroatoms. The number of rotatable bonds is 6. The Hall–Kier alpha value is -3.69. The van der Waals surface area contributed by atoms with Gasteiger partial charge in [-0.25, -0.2) is 5.10 Å². The molecular weight excluding hydrogens is 415 g/mol. The number of esters is 1. The zero-order valence-corrected chi connectivity index (χ0v) is 16.4. The summed E-state index contributed by atoms with van der Waals surface area (Å²) in [6.07, 6.45) is -4.49. The maximum atomic E-state index is 13.2. The van der Waals surface area contributed by atoms with Gasteiger partial charge in [0.1, 0.15) is 6.54 Å². The molecule has 31 heavy (non-hydrogen) atoms. The zero-order chi connectivity index (χ0) is 22.6. The molecule has 0 aliphatic heterocycles. The highest BCUT2D eigenvalue weighted by molar-refractivity contribution is 6.05. The summed E-state index contributed by atoms with van der Waals surface area (Å²) in [5.74, 6) is -1.36. The quantitative estimate of drug-likeness (QED) is 0.603. The summed E-state index contributed by atoms with van der Waals surface area (Å²) in [6, 6.07) is 10.6. The lowest BCUT2D eigenvalue weighted by molar-refractivity contribution is -0.144. The van der Waals surface area contributed by atoms with E-state index in [0.717, 1.165) is 17.0 Å². The van der Waals surface area contributed by atoms with Crippen LogP contribution in [0.15, 0.2) is 53.3 Å². The Bertz CT molecular complexity index is 1160. The lowest BCUT2D eigenvalue weighted by atomic mass is 10.1. The Kier molecular flexibility index (Phi) is 6.38. The first-order chi connectivity index (χ1) is 14.7. The molecule has 7 nitrogen and oxygen atoms in total. The smallest absolute Gasteiger partial charge is 0.416 e.